The van der Waals surface area contributed by atoms with Crippen LogP contribution in [-0.4, -0.2) is 23.1 Å². The third kappa shape index (κ3) is 3.10. The van der Waals surface area contributed by atoms with Gasteiger partial charge in [-0.2, -0.15) is 4.98 Å². The van der Waals surface area contributed by atoms with Crippen LogP contribution in [0.5, 0.6) is 0 Å². The largest absolute Gasteiger partial charge is 0.467 e. The third-order valence-electron chi connectivity index (χ3n) is 6.21. The highest BCUT2D eigenvalue weighted by atomic mass is 16.3. The van der Waals surface area contributed by atoms with Crippen LogP contribution in [0.15, 0.2) is 62.7 Å². The normalized spacial score (nSPS) is 11.7. The predicted molar refractivity (Wildman–Crippen MR) is 122 cm³/mol. The Labute approximate surface area is 184 Å². The van der Waals surface area contributed by atoms with E-state index in [1.165, 1.54) is 14.7 Å². The maximum atomic E-state index is 13.5. The Hall–Kier alpha value is -3.81. The van der Waals surface area contributed by atoms with Crippen molar-refractivity contribution < 1.29 is 4.42 Å². The first-order valence-electron chi connectivity index (χ1n) is 10.7. The molecule has 5 rings (SSSR count). The molecule has 0 saturated carbocycles. The fourth-order valence-electron chi connectivity index (χ4n) is 4.35. The van der Waals surface area contributed by atoms with Crippen LogP contribution < -0.4 is 11.2 Å². The third-order valence-corrected chi connectivity index (χ3v) is 6.21. The van der Waals surface area contributed by atoms with E-state index >= 15 is 0 Å². The summed E-state index contributed by atoms with van der Waals surface area (Å²) in [7, 11) is 1.67. The molecule has 0 spiro atoms. The molecular formula is C24H25N5O3. The molecule has 164 valence electrons. The van der Waals surface area contributed by atoms with Crippen LogP contribution in [0.4, 0.5) is 0 Å². The Morgan fingerprint density at radius 3 is 2.47 bits per heavy atom. The second-order valence-corrected chi connectivity index (χ2v) is 8.14. The number of aromatic nitrogens is 5. The Bertz CT molecular complexity index is 1530. The summed E-state index contributed by atoms with van der Waals surface area (Å²) >= 11 is 0. The van der Waals surface area contributed by atoms with Crippen molar-refractivity contribution in [3.8, 4) is 0 Å². The van der Waals surface area contributed by atoms with Crippen molar-refractivity contribution in [2.45, 2.75) is 39.8 Å². The molecule has 0 aliphatic heterocycles. The van der Waals surface area contributed by atoms with Gasteiger partial charge in [-0.3, -0.25) is 18.3 Å². The summed E-state index contributed by atoms with van der Waals surface area (Å²) in [5, 5.41) is 0. The molecule has 0 atom stereocenters. The SMILES string of the molecule is Cc1c(C)n2c3c(=O)n(CCCc4ccccc4)c(=O)n(C)c3nc2n1Cc1ccco1. The number of nitrogens with zero attached hydrogens (tertiary/aromatic N) is 5. The van der Waals surface area contributed by atoms with Gasteiger partial charge in [0.05, 0.1) is 12.8 Å². The van der Waals surface area contributed by atoms with Crippen molar-refractivity contribution >= 4 is 16.9 Å². The Morgan fingerprint density at radius 1 is 0.969 bits per heavy atom. The molecule has 5 aromatic rings. The van der Waals surface area contributed by atoms with Crippen LogP contribution in [0.1, 0.15) is 29.1 Å². The fourth-order valence-corrected chi connectivity index (χ4v) is 4.35. The molecule has 0 saturated heterocycles. The first kappa shape index (κ1) is 20.1. The Balaban J connectivity index is 1.62. The molecule has 32 heavy (non-hydrogen) atoms. The van der Waals surface area contributed by atoms with Gasteiger partial charge in [0, 0.05) is 25.0 Å². The van der Waals surface area contributed by atoms with Gasteiger partial charge in [0.2, 0.25) is 5.78 Å². The zero-order valence-corrected chi connectivity index (χ0v) is 18.4. The lowest BCUT2D eigenvalue weighted by Crippen LogP contribution is -2.39. The standard InChI is InChI=1S/C24H25N5O3/c1-16-17(2)29-20-21(25-23(29)28(16)15-19-12-8-14-32-19)26(3)24(31)27(22(20)30)13-7-11-18-9-5-4-6-10-18/h4-6,8-10,12,14H,7,11,13,15H2,1-3H3. The summed E-state index contributed by atoms with van der Waals surface area (Å²) in [6, 6.07) is 13.8. The topological polar surface area (TPSA) is 79.4 Å². The molecule has 0 aliphatic carbocycles. The summed E-state index contributed by atoms with van der Waals surface area (Å²) in [6.07, 6.45) is 3.14. The van der Waals surface area contributed by atoms with E-state index in [4.69, 9.17) is 9.40 Å². The number of imidazole rings is 2. The molecule has 0 aliphatic rings. The second kappa shape index (κ2) is 7.71. The van der Waals surface area contributed by atoms with Gasteiger partial charge in [-0.15, -0.1) is 0 Å². The van der Waals surface area contributed by atoms with E-state index in [0.717, 1.165) is 23.6 Å². The minimum absolute atomic E-state index is 0.304. The van der Waals surface area contributed by atoms with Crippen molar-refractivity contribution in [3.05, 3.63) is 92.3 Å². The lowest BCUT2D eigenvalue weighted by molar-refractivity contribution is 0.494. The van der Waals surface area contributed by atoms with Gasteiger partial charge < -0.3 is 8.98 Å². The Kier molecular flexibility index (Phi) is 4.84. The number of aryl methyl sites for hydroxylation is 3. The van der Waals surface area contributed by atoms with Crippen LogP contribution in [0.25, 0.3) is 16.9 Å². The smallest absolute Gasteiger partial charge is 0.332 e. The van der Waals surface area contributed by atoms with Crippen molar-refractivity contribution in [1.82, 2.24) is 23.1 Å². The summed E-state index contributed by atoms with van der Waals surface area (Å²) in [4.78, 5) is 31.2. The summed E-state index contributed by atoms with van der Waals surface area (Å²) < 4.78 is 12.2. The first-order valence-corrected chi connectivity index (χ1v) is 10.7. The molecule has 4 heterocycles. The molecule has 0 unspecified atom stereocenters. The van der Waals surface area contributed by atoms with Gasteiger partial charge in [-0.1, -0.05) is 30.3 Å². The molecule has 8 nitrogen and oxygen atoms in total. The van der Waals surface area contributed by atoms with Crippen LogP contribution >= 0.6 is 0 Å². The van der Waals surface area contributed by atoms with Gasteiger partial charge in [0.1, 0.15) is 5.76 Å². The van der Waals surface area contributed by atoms with Gasteiger partial charge in [0.25, 0.3) is 5.56 Å². The number of hydrogen-bond donors (Lipinski definition) is 0. The average Bonchev–Trinajstić information content (AvgIpc) is 3.50. The number of fused-ring (bicyclic) bond motifs is 3. The van der Waals surface area contributed by atoms with Gasteiger partial charge in [-0.05, 0) is 44.4 Å². The van der Waals surface area contributed by atoms with Gasteiger partial charge in [-0.25, -0.2) is 4.79 Å². The molecule has 0 radical (unpaired) electrons. The van der Waals surface area contributed by atoms with E-state index in [-0.39, 0.29) is 11.2 Å². The number of hydrogen-bond acceptors (Lipinski definition) is 4. The zero-order valence-electron chi connectivity index (χ0n) is 18.4. The summed E-state index contributed by atoms with van der Waals surface area (Å²) in [5.41, 5.74) is 3.28. The van der Waals surface area contributed by atoms with E-state index in [1.807, 2.05) is 53.1 Å². The van der Waals surface area contributed by atoms with E-state index in [1.54, 1.807) is 13.3 Å². The highest BCUT2D eigenvalue weighted by Gasteiger charge is 2.22. The Morgan fingerprint density at radius 2 is 1.75 bits per heavy atom. The van der Waals surface area contributed by atoms with Gasteiger partial charge >= 0.3 is 5.69 Å². The average molecular weight is 431 g/mol. The lowest BCUT2D eigenvalue weighted by atomic mass is 10.1. The maximum Gasteiger partial charge on any atom is 0.332 e. The van der Waals surface area contributed by atoms with Crippen LogP contribution in [-0.2, 0) is 26.6 Å². The molecule has 4 aromatic heterocycles. The van der Waals surface area contributed by atoms with E-state index in [0.29, 0.717) is 36.5 Å². The number of furan rings is 1. The monoisotopic (exact) mass is 431 g/mol. The maximum absolute atomic E-state index is 13.5. The number of benzene rings is 1. The number of rotatable bonds is 6. The summed E-state index contributed by atoms with van der Waals surface area (Å²) in [6.45, 7) is 4.82. The summed E-state index contributed by atoms with van der Waals surface area (Å²) in [5.74, 6) is 1.42. The van der Waals surface area contributed by atoms with Gasteiger partial charge in [0.15, 0.2) is 11.2 Å². The molecular weight excluding hydrogens is 406 g/mol. The first-order chi connectivity index (χ1) is 15.5. The van der Waals surface area contributed by atoms with Crippen molar-refractivity contribution in [2.75, 3.05) is 0 Å². The molecule has 1 aromatic carbocycles. The quantitative estimate of drug-likeness (QED) is 0.414. The van der Waals surface area contributed by atoms with Crippen molar-refractivity contribution in [2.24, 2.45) is 7.05 Å². The highest BCUT2D eigenvalue weighted by Crippen LogP contribution is 2.22. The molecule has 0 bridgehead atoms. The van der Waals surface area contributed by atoms with E-state index in [2.05, 4.69) is 12.1 Å². The second-order valence-electron chi connectivity index (χ2n) is 8.14. The minimum Gasteiger partial charge on any atom is -0.467 e. The predicted octanol–water partition coefficient (Wildman–Crippen LogP) is 3.04. The minimum atomic E-state index is -0.344. The van der Waals surface area contributed by atoms with Crippen molar-refractivity contribution in [1.29, 1.82) is 0 Å². The lowest BCUT2D eigenvalue weighted by Gasteiger charge is -2.08. The highest BCUT2D eigenvalue weighted by molar-refractivity contribution is 5.76. The van der Waals surface area contributed by atoms with Crippen LogP contribution in [0, 0.1) is 13.8 Å². The van der Waals surface area contributed by atoms with Crippen LogP contribution in [0.2, 0.25) is 0 Å². The van der Waals surface area contributed by atoms with Crippen molar-refractivity contribution in [3.63, 3.8) is 0 Å². The molecule has 0 amide bonds. The molecule has 0 N–H and O–H groups in total. The fraction of sp³-hybridized carbons (Fsp3) is 0.292. The molecule has 8 heteroatoms. The zero-order chi connectivity index (χ0) is 22.4. The molecule has 0 fully saturated rings. The van der Waals surface area contributed by atoms with Crippen LogP contribution in [0.3, 0.4) is 0 Å². The van der Waals surface area contributed by atoms with E-state index in [9.17, 15) is 9.59 Å². The van der Waals surface area contributed by atoms with E-state index < -0.39 is 0 Å².